The van der Waals surface area contributed by atoms with Crippen molar-refractivity contribution in [3.05, 3.63) is 59.7 Å². The molecule has 2 aliphatic heterocycles. The largest absolute Gasteiger partial charge is 0.412 e. The zero-order chi connectivity index (χ0) is 18.3. The molecule has 1 unspecified atom stereocenters. The lowest BCUT2D eigenvalue weighted by atomic mass is 9.81. The number of carbonyl (C=O) groups is 1. The van der Waals surface area contributed by atoms with Crippen LogP contribution in [0.15, 0.2) is 48.5 Å². The van der Waals surface area contributed by atoms with Crippen LogP contribution in [0, 0.1) is 0 Å². The van der Waals surface area contributed by atoms with Gasteiger partial charge in [-0.05, 0) is 42.8 Å². The molecule has 0 aromatic heterocycles. The molecule has 2 aliphatic rings. The van der Waals surface area contributed by atoms with Gasteiger partial charge in [0.05, 0.1) is 6.17 Å². The molecule has 0 radical (unpaired) electrons. The van der Waals surface area contributed by atoms with Crippen LogP contribution < -0.4 is 15.0 Å². The standard InChI is InChI=1S/C21H25N3O2/c1-21-11-12-23(3)19(21)24(14-15-7-5-4-6-8-15)18-10-9-16(13-17(18)21)26-20(25)22-2/h4-10,13,19H,11-12,14H2,1-3H3,(H,22,25)/t19?,21-/m1/s1. The van der Waals surface area contributed by atoms with Crippen LogP contribution in [0.3, 0.4) is 0 Å². The van der Waals surface area contributed by atoms with Crippen LogP contribution >= 0.6 is 0 Å². The Morgan fingerprint density at radius 3 is 2.77 bits per heavy atom. The molecular formula is C21H25N3O2. The molecule has 2 aromatic rings. The number of hydrogen-bond acceptors (Lipinski definition) is 4. The summed E-state index contributed by atoms with van der Waals surface area (Å²) in [5, 5.41) is 2.51. The zero-order valence-electron chi connectivity index (χ0n) is 15.5. The summed E-state index contributed by atoms with van der Waals surface area (Å²) in [6.07, 6.45) is 0.970. The fourth-order valence-corrected chi connectivity index (χ4v) is 4.53. The number of likely N-dealkylation sites (tertiary alicyclic amines) is 1. The lowest BCUT2D eigenvalue weighted by Gasteiger charge is -2.35. The molecule has 2 heterocycles. The third-order valence-electron chi connectivity index (χ3n) is 5.77. The Kier molecular flexibility index (Phi) is 4.11. The highest BCUT2D eigenvalue weighted by Gasteiger charge is 2.53. The Labute approximate surface area is 154 Å². The molecule has 1 saturated heterocycles. The van der Waals surface area contributed by atoms with Crippen molar-refractivity contribution in [2.75, 3.05) is 25.5 Å². The maximum atomic E-state index is 11.6. The van der Waals surface area contributed by atoms with Crippen molar-refractivity contribution in [2.24, 2.45) is 0 Å². The van der Waals surface area contributed by atoms with Crippen molar-refractivity contribution in [3.8, 4) is 5.75 Å². The first-order valence-electron chi connectivity index (χ1n) is 9.08. The van der Waals surface area contributed by atoms with Crippen molar-refractivity contribution in [1.82, 2.24) is 10.2 Å². The summed E-state index contributed by atoms with van der Waals surface area (Å²) in [6, 6.07) is 16.6. The number of anilines is 1. The fourth-order valence-electron chi connectivity index (χ4n) is 4.53. The summed E-state index contributed by atoms with van der Waals surface area (Å²) in [6.45, 7) is 4.26. The highest BCUT2D eigenvalue weighted by Crippen LogP contribution is 2.52. The van der Waals surface area contributed by atoms with Gasteiger partial charge in [0.25, 0.3) is 0 Å². The summed E-state index contributed by atoms with van der Waals surface area (Å²) in [4.78, 5) is 16.5. The van der Waals surface area contributed by atoms with E-state index in [2.05, 4.69) is 65.5 Å². The number of nitrogens with zero attached hydrogens (tertiary/aromatic N) is 2. The second kappa shape index (κ2) is 6.32. The van der Waals surface area contributed by atoms with Crippen LogP contribution in [0.2, 0.25) is 0 Å². The average molecular weight is 351 g/mol. The number of rotatable bonds is 3. The third-order valence-corrected chi connectivity index (χ3v) is 5.77. The van der Waals surface area contributed by atoms with E-state index in [1.165, 1.54) is 16.8 Å². The first-order valence-corrected chi connectivity index (χ1v) is 9.08. The van der Waals surface area contributed by atoms with Gasteiger partial charge in [-0.1, -0.05) is 37.3 Å². The van der Waals surface area contributed by atoms with Crippen molar-refractivity contribution in [1.29, 1.82) is 0 Å². The summed E-state index contributed by atoms with van der Waals surface area (Å²) < 4.78 is 5.38. The number of carbonyl (C=O) groups excluding carboxylic acids is 1. The van der Waals surface area contributed by atoms with Crippen LogP contribution in [0.1, 0.15) is 24.5 Å². The molecule has 1 N–H and O–H groups in total. The van der Waals surface area contributed by atoms with Gasteiger partial charge in [-0.25, -0.2) is 4.79 Å². The smallest absolute Gasteiger partial charge is 0.410 e. The van der Waals surface area contributed by atoms with Crippen LogP contribution in [0.5, 0.6) is 5.75 Å². The van der Waals surface area contributed by atoms with E-state index in [-0.39, 0.29) is 5.41 Å². The molecule has 2 aromatic carbocycles. The molecule has 0 saturated carbocycles. The fraction of sp³-hybridized carbons (Fsp3) is 0.381. The van der Waals surface area contributed by atoms with Gasteiger partial charge in [-0.2, -0.15) is 0 Å². The number of amides is 1. The first kappa shape index (κ1) is 16.9. The van der Waals surface area contributed by atoms with Gasteiger partial charge in [0.2, 0.25) is 0 Å². The highest BCUT2D eigenvalue weighted by molar-refractivity contribution is 5.72. The van der Waals surface area contributed by atoms with E-state index < -0.39 is 6.09 Å². The van der Waals surface area contributed by atoms with Crippen LogP contribution in [0.4, 0.5) is 10.5 Å². The Balaban J connectivity index is 1.74. The van der Waals surface area contributed by atoms with Gasteiger partial charge in [-0.15, -0.1) is 0 Å². The average Bonchev–Trinajstić information content (AvgIpc) is 3.08. The molecular weight excluding hydrogens is 326 g/mol. The summed E-state index contributed by atoms with van der Waals surface area (Å²) in [5.74, 6) is 0.596. The predicted molar refractivity (Wildman–Crippen MR) is 103 cm³/mol. The van der Waals surface area contributed by atoms with Crippen LogP contribution in [0.25, 0.3) is 0 Å². The minimum absolute atomic E-state index is 0.0287. The second-order valence-electron chi connectivity index (χ2n) is 7.45. The van der Waals surface area contributed by atoms with Crippen molar-refractivity contribution >= 4 is 11.8 Å². The molecule has 0 spiro atoms. The molecule has 1 amide bonds. The maximum Gasteiger partial charge on any atom is 0.412 e. The Morgan fingerprint density at radius 1 is 1.27 bits per heavy atom. The highest BCUT2D eigenvalue weighted by atomic mass is 16.5. The normalized spacial score (nSPS) is 24.3. The quantitative estimate of drug-likeness (QED) is 0.921. The summed E-state index contributed by atoms with van der Waals surface area (Å²) in [7, 11) is 3.77. The number of hydrogen-bond donors (Lipinski definition) is 1. The van der Waals surface area contributed by atoms with Gasteiger partial charge in [-0.3, -0.25) is 4.90 Å². The third kappa shape index (κ3) is 2.63. The van der Waals surface area contributed by atoms with E-state index in [9.17, 15) is 4.79 Å². The molecule has 136 valence electrons. The molecule has 26 heavy (non-hydrogen) atoms. The minimum atomic E-state index is -0.436. The molecule has 5 heteroatoms. The molecule has 0 aliphatic carbocycles. The SMILES string of the molecule is CNC(=O)Oc1ccc2c(c1)[C@@]1(C)CCN(C)C1N2Cc1ccccc1. The van der Waals surface area contributed by atoms with E-state index in [1.54, 1.807) is 7.05 Å². The van der Waals surface area contributed by atoms with Gasteiger partial charge in [0, 0.05) is 31.2 Å². The van der Waals surface area contributed by atoms with E-state index in [0.29, 0.717) is 11.9 Å². The van der Waals surface area contributed by atoms with E-state index in [1.807, 2.05) is 12.1 Å². The van der Waals surface area contributed by atoms with Gasteiger partial charge < -0.3 is 15.0 Å². The lowest BCUT2D eigenvalue weighted by Crippen LogP contribution is -2.46. The first-order chi connectivity index (χ1) is 12.5. The van der Waals surface area contributed by atoms with Gasteiger partial charge in [0.15, 0.2) is 0 Å². The molecule has 1 fully saturated rings. The number of nitrogens with one attached hydrogen (secondary N) is 1. The molecule has 0 bridgehead atoms. The van der Waals surface area contributed by atoms with Crippen molar-refractivity contribution in [3.63, 3.8) is 0 Å². The monoisotopic (exact) mass is 351 g/mol. The molecule has 4 rings (SSSR count). The van der Waals surface area contributed by atoms with Crippen molar-refractivity contribution in [2.45, 2.75) is 31.5 Å². The Bertz CT molecular complexity index is 823. The number of ether oxygens (including phenoxy) is 1. The van der Waals surface area contributed by atoms with Crippen molar-refractivity contribution < 1.29 is 9.53 Å². The predicted octanol–water partition coefficient (Wildman–Crippen LogP) is 3.34. The second-order valence-corrected chi connectivity index (χ2v) is 7.45. The maximum absolute atomic E-state index is 11.6. The summed E-state index contributed by atoms with van der Waals surface area (Å²) >= 11 is 0. The van der Waals surface area contributed by atoms with Crippen LogP contribution in [-0.4, -0.2) is 37.8 Å². The number of likely N-dealkylation sites (N-methyl/N-ethyl adjacent to an activating group) is 1. The van der Waals surface area contributed by atoms with E-state index in [0.717, 1.165) is 19.5 Å². The Hall–Kier alpha value is -2.53. The van der Waals surface area contributed by atoms with Gasteiger partial charge in [0.1, 0.15) is 5.75 Å². The minimum Gasteiger partial charge on any atom is -0.410 e. The number of fused-ring (bicyclic) bond motifs is 3. The topological polar surface area (TPSA) is 44.8 Å². The van der Waals surface area contributed by atoms with Crippen LogP contribution in [-0.2, 0) is 12.0 Å². The summed E-state index contributed by atoms with van der Waals surface area (Å²) in [5.41, 5.74) is 3.83. The molecule has 2 atom stereocenters. The van der Waals surface area contributed by atoms with Gasteiger partial charge >= 0.3 is 6.09 Å². The van der Waals surface area contributed by atoms with E-state index in [4.69, 9.17) is 4.74 Å². The molecule has 5 nitrogen and oxygen atoms in total. The Morgan fingerprint density at radius 2 is 2.04 bits per heavy atom. The number of benzene rings is 2. The van der Waals surface area contributed by atoms with E-state index >= 15 is 0 Å². The zero-order valence-corrected chi connectivity index (χ0v) is 15.5. The lowest BCUT2D eigenvalue weighted by molar-refractivity contribution is 0.203.